The van der Waals surface area contributed by atoms with Crippen molar-refractivity contribution >= 4 is 6.03 Å². The van der Waals surface area contributed by atoms with E-state index in [1.807, 2.05) is 6.07 Å². The van der Waals surface area contributed by atoms with E-state index in [4.69, 9.17) is 5.11 Å². The summed E-state index contributed by atoms with van der Waals surface area (Å²) in [6.07, 6.45) is 2.56. The number of likely N-dealkylation sites (tertiary alicyclic amines) is 1. The number of hydrogen-bond acceptors (Lipinski definition) is 3. The summed E-state index contributed by atoms with van der Waals surface area (Å²) in [6, 6.07) is 10.7. The second-order valence-electron chi connectivity index (χ2n) is 7.02. The summed E-state index contributed by atoms with van der Waals surface area (Å²) >= 11 is 0. The standard InChI is InChI=1S/C19H31N3O2/c1-15(2)18(10-13-23)21-19(24)20-17-8-11-22(12-9-17)14-16-6-4-3-5-7-16/h3-7,15,17-18,23H,8-14H2,1-2H3,(H2,20,21,24). The van der Waals surface area contributed by atoms with Crippen LogP contribution in [0.25, 0.3) is 0 Å². The van der Waals surface area contributed by atoms with Crippen LogP contribution >= 0.6 is 0 Å². The van der Waals surface area contributed by atoms with Crippen LogP contribution in [0.5, 0.6) is 0 Å². The molecule has 3 N–H and O–H groups in total. The van der Waals surface area contributed by atoms with E-state index >= 15 is 0 Å². The van der Waals surface area contributed by atoms with Gasteiger partial charge in [0.15, 0.2) is 0 Å². The van der Waals surface area contributed by atoms with Crippen molar-refractivity contribution in [2.45, 2.75) is 51.7 Å². The molecular weight excluding hydrogens is 302 g/mol. The molecule has 0 bridgehead atoms. The molecule has 1 aromatic rings. The number of carbonyl (C=O) groups is 1. The lowest BCUT2D eigenvalue weighted by Crippen LogP contribution is -2.51. The molecule has 0 aromatic heterocycles. The Morgan fingerprint density at radius 3 is 2.50 bits per heavy atom. The number of piperidine rings is 1. The zero-order valence-corrected chi connectivity index (χ0v) is 14.9. The van der Waals surface area contributed by atoms with Gasteiger partial charge >= 0.3 is 6.03 Å². The van der Waals surface area contributed by atoms with Gasteiger partial charge in [-0.3, -0.25) is 4.90 Å². The number of carbonyl (C=O) groups excluding carboxylic acids is 1. The second-order valence-corrected chi connectivity index (χ2v) is 7.02. The molecule has 0 aliphatic carbocycles. The van der Waals surface area contributed by atoms with Gasteiger partial charge in [-0.05, 0) is 30.7 Å². The van der Waals surface area contributed by atoms with Crippen molar-refractivity contribution in [3.05, 3.63) is 35.9 Å². The average Bonchev–Trinajstić information content (AvgIpc) is 2.57. The number of nitrogens with zero attached hydrogens (tertiary/aromatic N) is 1. The largest absolute Gasteiger partial charge is 0.396 e. The van der Waals surface area contributed by atoms with Crippen LogP contribution in [0.3, 0.4) is 0 Å². The third-order valence-electron chi connectivity index (χ3n) is 4.73. The molecule has 0 spiro atoms. The van der Waals surface area contributed by atoms with Crippen molar-refractivity contribution in [2.75, 3.05) is 19.7 Å². The van der Waals surface area contributed by atoms with Crippen LogP contribution in [-0.4, -0.2) is 47.8 Å². The van der Waals surface area contributed by atoms with Crippen molar-refractivity contribution in [1.29, 1.82) is 0 Å². The fourth-order valence-corrected chi connectivity index (χ4v) is 3.18. The lowest BCUT2D eigenvalue weighted by molar-refractivity contribution is 0.182. The van der Waals surface area contributed by atoms with Crippen LogP contribution in [-0.2, 0) is 6.54 Å². The molecule has 1 aromatic carbocycles. The molecule has 2 amide bonds. The summed E-state index contributed by atoms with van der Waals surface area (Å²) in [4.78, 5) is 14.6. The third kappa shape index (κ3) is 6.13. The Bertz CT molecular complexity index is 485. The summed E-state index contributed by atoms with van der Waals surface area (Å²) in [5.41, 5.74) is 1.34. The van der Waals surface area contributed by atoms with E-state index in [2.05, 4.69) is 53.6 Å². The Labute approximate surface area is 145 Å². The summed E-state index contributed by atoms with van der Waals surface area (Å²) in [5.74, 6) is 0.315. The molecule has 0 radical (unpaired) electrons. The van der Waals surface area contributed by atoms with E-state index in [0.717, 1.165) is 32.5 Å². The molecule has 134 valence electrons. The minimum atomic E-state index is -0.108. The van der Waals surface area contributed by atoms with Gasteiger partial charge in [0, 0.05) is 38.3 Å². The summed E-state index contributed by atoms with van der Waals surface area (Å²) < 4.78 is 0. The predicted molar refractivity (Wildman–Crippen MR) is 96.7 cm³/mol. The Kier molecular flexibility index (Phi) is 7.53. The lowest BCUT2D eigenvalue weighted by atomic mass is 10.0. The Hall–Kier alpha value is -1.59. The fourth-order valence-electron chi connectivity index (χ4n) is 3.18. The first kappa shape index (κ1) is 18.7. The maximum Gasteiger partial charge on any atom is 0.315 e. The van der Waals surface area contributed by atoms with E-state index in [1.165, 1.54) is 5.56 Å². The molecule has 1 atom stereocenters. The fraction of sp³-hybridized carbons (Fsp3) is 0.632. The van der Waals surface area contributed by atoms with Gasteiger partial charge in [-0.2, -0.15) is 0 Å². The Morgan fingerprint density at radius 2 is 1.92 bits per heavy atom. The molecule has 1 fully saturated rings. The highest BCUT2D eigenvalue weighted by molar-refractivity contribution is 5.74. The number of nitrogens with one attached hydrogen (secondary N) is 2. The highest BCUT2D eigenvalue weighted by Crippen LogP contribution is 2.14. The minimum absolute atomic E-state index is 0.0215. The molecular formula is C19H31N3O2. The van der Waals surface area contributed by atoms with Gasteiger partial charge in [0.25, 0.3) is 0 Å². The predicted octanol–water partition coefficient (Wildman–Crippen LogP) is 2.36. The van der Waals surface area contributed by atoms with Gasteiger partial charge in [-0.1, -0.05) is 44.2 Å². The van der Waals surface area contributed by atoms with Crippen LogP contribution in [0, 0.1) is 5.92 Å². The van der Waals surface area contributed by atoms with Crippen molar-refractivity contribution in [2.24, 2.45) is 5.92 Å². The van der Waals surface area contributed by atoms with Crippen molar-refractivity contribution in [3.8, 4) is 0 Å². The molecule has 1 heterocycles. The van der Waals surface area contributed by atoms with Crippen LogP contribution in [0.4, 0.5) is 4.79 Å². The molecule has 2 rings (SSSR count). The Morgan fingerprint density at radius 1 is 1.25 bits per heavy atom. The molecule has 1 saturated heterocycles. The first-order chi connectivity index (χ1) is 11.6. The van der Waals surface area contributed by atoms with Gasteiger partial charge in [0.1, 0.15) is 0 Å². The van der Waals surface area contributed by atoms with Crippen molar-refractivity contribution in [3.63, 3.8) is 0 Å². The smallest absolute Gasteiger partial charge is 0.315 e. The zero-order chi connectivity index (χ0) is 17.4. The van der Waals surface area contributed by atoms with Gasteiger partial charge < -0.3 is 15.7 Å². The van der Waals surface area contributed by atoms with E-state index in [9.17, 15) is 4.79 Å². The van der Waals surface area contributed by atoms with Crippen LogP contribution < -0.4 is 10.6 Å². The minimum Gasteiger partial charge on any atom is -0.396 e. The quantitative estimate of drug-likeness (QED) is 0.718. The number of aliphatic hydroxyl groups excluding tert-OH is 1. The molecule has 0 saturated carbocycles. The average molecular weight is 333 g/mol. The van der Waals surface area contributed by atoms with E-state index in [1.54, 1.807) is 0 Å². The van der Waals surface area contributed by atoms with E-state index in [-0.39, 0.29) is 24.7 Å². The monoisotopic (exact) mass is 333 g/mol. The molecule has 5 heteroatoms. The Balaban J connectivity index is 1.71. The van der Waals surface area contributed by atoms with Gasteiger partial charge in [0.05, 0.1) is 0 Å². The van der Waals surface area contributed by atoms with E-state index < -0.39 is 0 Å². The first-order valence-electron chi connectivity index (χ1n) is 9.02. The lowest BCUT2D eigenvalue weighted by Gasteiger charge is -2.33. The number of hydrogen-bond donors (Lipinski definition) is 3. The van der Waals surface area contributed by atoms with Gasteiger partial charge in [-0.15, -0.1) is 0 Å². The first-order valence-corrected chi connectivity index (χ1v) is 9.02. The van der Waals surface area contributed by atoms with Crippen molar-refractivity contribution in [1.82, 2.24) is 15.5 Å². The molecule has 1 unspecified atom stereocenters. The summed E-state index contributed by atoms with van der Waals surface area (Å²) in [6.45, 7) is 7.20. The molecule has 1 aliphatic heterocycles. The number of amides is 2. The van der Waals surface area contributed by atoms with Crippen LogP contribution in [0.15, 0.2) is 30.3 Å². The molecule has 1 aliphatic rings. The molecule has 24 heavy (non-hydrogen) atoms. The highest BCUT2D eigenvalue weighted by Gasteiger charge is 2.22. The summed E-state index contributed by atoms with van der Waals surface area (Å²) in [7, 11) is 0. The molecule has 5 nitrogen and oxygen atoms in total. The maximum atomic E-state index is 12.2. The number of aliphatic hydroxyl groups is 1. The summed E-state index contributed by atoms with van der Waals surface area (Å²) in [5, 5.41) is 15.2. The van der Waals surface area contributed by atoms with Crippen molar-refractivity contribution < 1.29 is 9.90 Å². The number of urea groups is 1. The van der Waals surface area contributed by atoms with Crippen LogP contribution in [0.1, 0.15) is 38.7 Å². The maximum absolute atomic E-state index is 12.2. The number of rotatable bonds is 7. The topological polar surface area (TPSA) is 64.6 Å². The third-order valence-corrected chi connectivity index (χ3v) is 4.73. The normalized spacial score (nSPS) is 17.7. The second kappa shape index (κ2) is 9.64. The van der Waals surface area contributed by atoms with E-state index in [0.29, 0.717) is 12.3 Å². The van der Waals surface area contributed by atoms with Crippen LogP contribution in [0.2, 0.25) is 0 Å². The SMILES string of the molecule is CC(C)C(CCO)NC(=O)NC1CCN(Cc2ccccc2)CC1. The van der Waals surface area contributed by atoms with Gasteiger partial charge in [-0.25, -0.2) is 4.79 Å². The van der Waals surface area contributed by atoms with Gasteiger partial charge in [0.2, 0.25) is 0 Å². The zero-order valence-electron chi connectivity index (χ0n) is 14.9. The number of benzene rings is 1. The highest BCUT2D eigenvalue weighted by atomic mass is 16.3.